The Labute approximate surface area is 167 Å². The van der Waals surface area contributed by atoms with Crippen molar-refractivity contribution in [1.29, 1.82) is 0 Å². The second-order valence-corrected chi connectivity index (χ2v) is 7.17. The Morgan fingerprint density at radius 3 is 2.93 bits per heavy atom. The Balaban J connectivity index is 1.30. The molecule has 2 aliphatic rings. The van der Waals surface area contributed by atoms with Crippen LogP contribution in [0.3, 0.4) is 0 Å². The van der Waals surface area contributed by atoms with Gasteiger partial charge in [0.15, 0.2) is 5.82 Å². The molecular weight excluding hydrogens is 366 g/mol. The third-order valence-electron chi connectivity index (χ3n) is 5.05. The van der Waals surface area contributed by atoms with Crippen molar-refractivity contribution >= 4 is 11.5 Å². The van der Waals surface area contributed by atoms with Gasteiger partial charge in [-0.1, -0.05) is 18.2 Å². The summed E-state index contributed by atoms with van der Waals surface area (Å²) in [6.45, 7) is 0. The highest BCUT2D eigenvalue weighted by atomic mass is 16.1. The van der Waals surface area contributed by atoms with Gasteiger partial charge in [-0.2, -0.15) is 0 Å². The molecule has 0 radical (unpaired) electrons. The summed E-state index contributed by atoms with van der Waals surface area (Å²) in [5, 5.41) is 11.4. The maximum absolute atomic E-state index is 12.8. The van der Waals surface area contributed by atoms with Crippen LogP contribution in [-0.2, 0) is 0 Å². The molecule has 3 heterocycles. The fraction of sp³-hybridized carbons (Fsp3) is 0.238. The molecule has 5 rings (SSSR count). The standard InChI is InChI=1S/C21H19N7O/c29-21(18-11-14(6-7-23-18)19-12-22-8-9-24-19)26-16-3-1-2-15(10-16)20-27-25-13-28(20)17-4-5-17/h1-3,6-9,11-13,16-17H,4-5,10H2,(H,26,29). The van der Waals surface area contributed by atoms with E-state index in [4.69, 9.17) is 0 Å². The van der Waals surface area contributed by atoms with Crippen molar-refractivity contribution in [3.05, 3.63) is 73.0 Å². The first-order valence-electron chi connectivity index (χ1n) is 9.58. The van der Waals surface area contributed by atoms with Crippen LogP contribution in [0.5, 0.6) is 0 Å². The molecule has 1 saturated carbocycles. The van der Waals surface area contributed by atoms with E-state index in [1.807, 2.05) is 24.3 Å². The van der Waals surface area contributed by atoms with Gasteiger partial charge in [-0.25, -0.2) is 0 Å². The monoisotopic (exact) mass is 385 g/mol. The van der Waals surface area contributed by atoms with Gasteiger partial charge in [0.25, 0.3) is 5.91 Å². The predicted octanol–water partition coefficient (Wildman–Crippen LogP) is 2.61. The molecule has 1 amide bonds. The first kappa shape index (κ1) is 17.4. The van der Waals surface area contributed by atoms with E-state index in [1.54, 1.807) is 37.2 Å². The van der Waals surface area contributed by atoms with Crippen LogP contribution in [0.25, 0.3) is 16.8 Å². The van der Waals surface area contributed by atoms with Gasteiger partial charge >= 0.3 is 0 Å². The van der Waals surface area contributed by atoms with Gasteiger partial charge in [-0.15, -0.1) is 10.2 Å². The number of pyridine rings is 1. The molecular formula is C21H19N7O. The molecule has 1 atom stereocenters. The van der Waals surface area contributed by atoms with Crippen molar-refractivity contribution in [2.24, 2.45) is 0 Å². The lowest BCUT2D eigenvalue weighted by Gasteiger charge is -2.20. The lowest BCUT2D eigenvalue weighted by atomic mass is 9.99. The molecule has 8 nitrogen and oxygen atoms in total. The smallest absolute Gasteiger partial charge is 0.270 e. The van der Waals surface area contributed by atoms with Gasteiger partial charge in [0, 0.05) is 30.2 Å². The van der Waals surface area contributed by atoms with Gasteiger partial charge < -0.3 is 9.88 Å². The molecule has 3 aromatic rings. The van der Waals surface area contributed by atoms with Crippen molar-refractivity contribution in [3.8, 4) is 11.3 Å². The number of aromatic nitrogens is 6. The number of allylic oxidation sites excluding steroid dienone is 2. The fourth-order valence-corrected chi connectivity index (χ4v) is 3.44. The number of nitrogens with one attached hydrogen (secondary N) is 1. The van der Waals surface area contributed by atoms with Crippen LogP contribution >= 0.6 is 0 Å². The molecule has 0 aromatic carbocycles. The lowest BCUT2D eigenvalue weighted by Crippen LogP contribution is -2.35. The van der Waals surface area contributed by atoms with Crippen molar-refractivity contribution in [3.63, 3.8) is 0 Å². The number of rotatable bonds is 5. The highest BCUT2D eigenvalue weighted by Crippen LogP contribution is 2.37. The van der Waals surface area contributed by atoms with Gasteiger partial charge in [0.2, 0.25) is 0 Å². The van der Waals surface area contributed by atoms with Gasteiger partial charge in [-0.05, 0) is 37.0 Å². The molecule has 2 aliphatic carbocycles. The van der Waals surface area contributed by atoms with Crippen LogP contribution < -0.4 is 5.32 Å². The number of amides is 1. The molecule has 1 N–H and O–H groups in total. The van der Waals surface area contributed by atoms with Crippen molar-refractivity contribution in [1.82, 2.24) is 35.0 Å². The topological polar surface area (TPSA) is 98.5 Å². The van der Waals surface area contributed by atoms with E-state index in [-0.39, 0.29) is 11.9 Å². The number of carbonyl (C=O) groups is 1. The SMILES string of the molecule is O=C(NC1C=CC=C(c2nncn2C2CC2)C1)c1cc(-c2cnccn2)ccn1. The van der Waals surface area contributed by atoms with Crippen molar-refractivity contribution in [2.45, 2.75) is 31.3 Å². The average Bonchev–Trinajstić information content (AvgIpc) is 3.50. The third kappa shape index (κ3) is 3.69. The maximum atomic E-state index is 12.8. The Kier molecular flexibility index (Phi) is 4.44. The molecule has 1 unspecified atom stereocenters. The van der Waals surface area contributed by atoms with Crippen molar-refractivity contribution in [2.75, 3.05) is 0 Å². The highest BCUT2D eigenvalue weighted by Gasteiger charge is 2.28. The van der Waals surface area contributed by atoms with Crippen LogP contribution in [0, 0.1) is 0 Å². The minimum Gasteiger partial charge on any atom is -0.344 e. The number of nitrogens with zero attached hydrogens (tertiary/aromatic N) is 6. The molecule has 1 fully saturated rings. The third-order valence-corrected chi connectivity index (χ3v) is 5.05. The molecule has 0 bridgehead atoms. The Bertz CT molecular complexity index is 1100. The number of carbonyl (C=O) groups excluding carboxylic acids is 1. The summed E-state index contributed by atoms with van der Waals surface area (Å²) in [5.74, 6) is 0.661. The summed E-state index contributed by atoms with van der Waals surface area (Å²) in [4.78, 5) is 25.3. The predicted molar refractivity (Wildman–Crippen MR) is 107 cm³/mol. The van der Waals surface area contributed by atoms with Crippen LogP contribution in [0.1, 0.15) is 41.6 Å². The first-order chi connectivity index (χ1) is 14.3. The van der Waals surface area contributed by atoms with Gasteiger partial charge in [-0.3, -0.25) is 19.7 Å². The zero-order valence-corrected chi connectivity index (χ0v) is 15.6. The quantitative estimate of drug-likeness (QED) is 0.725. The van der Waals surface area contributed by atoms with Crippen molar-refractivity contribution < 1.29 is 4.79 Å². The molecule has 0 spiro atoms. The molecule has 0 saturated heterocycles. The summed E-state index contributed by atoms with van der Waals surface area (Å²) in [5.41, 5.74) is 2.92. The summed E-state index contributed by atoms with van der Waals surface area (Å²) in [6, 6.07) is 3.92. The van der Waals surface area contributed by atoms with E-state index in [2.05, 4.69) is 35.0 Å². The zero-order valence-electron chi connectivity index (χ0n) is 15.6. The van der Waals surface area contributed by atoms with Gasteiger partial charge in [0.1, 0.15) is 12.0 Å². The Hall–Kier alpha value is -3.68. The summed E-state index contributed by atoms with van der Waals surface area (Å²) in [6.07, 6.45) is 17.3. The van der Waals surface area contributed by atoms with Crippen LogP contribution in [-0.4, -0.2) is 41.7 Å². The lowest BCUT2D eigenvalue weighted by molar-refractivity contribution is 0.0940. The van der Waals surface area contributed by atoms with E-state index in [1.165, 1.54) is 12.8 Å². The summed E-state index contributed by atoms with van der Waals surface area (Å²) in [7, 11) is 0. The minimum absolute atomic E-state index is 0.131. The Morgan fingerprint density at radius 2 is 2.10 bits per heavy atom. The fourth-order valence-electron chi connectivity index (χ4n) is 3.44. The number of hydrogen-bond acceptors (Lipinski definition) is 6. The summed E-state index contributed by atoms with van der Waals surface area (Å²) >= 11 is 0. The second-order valence-electron chi connectivity index (χ2n) is 7.17. The zero-order chi connectivity index (χ0) is 19.6. The van der Waals surface area contributed by atoms with Gasteiger partial charge in [0.05, 0.1) is 17.9 Å². The first-order valence-corrected chi connectivity index (χ1v) is 9.58. The van der Waals surface area contributed by atoms with Crippen LogP contribution in [0.4, 0.5) is 0 Å². The normalized spacial score (nSPS) is 18.3. The van der Waals surface area contributed by atoms with E-state index in [0.29, 0.717) is 23.9 Å². The molecule has 3 aromatic heterocycles. The summed E-state index contributed by atoms with van der Waals surface area (Å²) < 4.78 is 2.13. The second kappa shape index (κ2) is 7.38. The minimum atomic E-state index is -0.227. The molecule has 0 aliphatic heterocycles. The van der Waals surface area contributed by atoms with E-state index in [0.717, 1.165) is 17.0 Å². The maximum Gasteiger partial charge on any atom is 0.270 e. The molecule has 144 valence electrons. The molecule has 8 heteroatoms. The largest absolute Gasteiger partial charge is 0.344 e. The van der Waals surface area contributed by atoms with E-state index in [9.17, 15) is 4.79 Å². The highest BCUT2D eigenvalue weighted by molar-refractivity contribution is 5.93. The van der Waals surface area contributed by atoms with E-state index < -0.39 is 0 Å². The van der Waals surface area contributed by atoms with E-state index >= 15 is 0 Å². The average molecular weight is 385 g/mol. The molecule has 29 heavy (non-hydrogen) atoms. The number of hydrogen-bond donors (Lipinski definition) is 1. The Morgan fingerprint density at radius 1 is 1.17 bits per heavy atom. The van der Waals surface area contributed by atoms with Crippen LogP contribution in [0.15, 0.2) is 61.5 Å². The van der Waals surface area contributed by atoms with Crippen LogP contribution in [0.2, 0.25) is 0 Å².